The summed E-state index contributed by atoms with van der Waals surface area (Å²) in [4.78, 5) is 10.8. The summed E-state index contributed by atoms with van der Waals surface area (Å²) in [6.07, 6.45) is 7.96. The number of hydrogen-bond acceptors (Lipinski definition) is 1. The van der Waals surface area contributed by atoms with Crippen LogP contribution in [0, 0.1) is 11.3 Å². The maximum atomic E-state index is 10.8. The first-order valence-electron chi connectivity index (χ1n) is 5.20. The Morgan fingerprint density at radius 1 is 1.46 bits per heavy atom. The fourth-order valence-corrected chi connectivity index (χ4v) is 1.78. The molecule has 0 amide bonds. The van der Waals surface area contributed by atoms with Crippen molar-refractivity contribution < 1.29 is 4.79 Å². The van der Waals surface area contributed by atoms with Gasteiger partial charge in [-0.05, 0) is 45.4 Å². The maximum absolute atomic E-state index is 10.8. The normalized spacial score (nSPS) is 20.5. The van der Waals surface area contributed by atoms with Gasteiger partial charge in [0, 0.05) is 5.41 Å². The Labute approximate surface area is 81.2 Å². The molecule has 0 heterocycles. The summed E-state index contributed by atoms with van der Waals surface area (Å²) in [5, 5.41) is 0. The van der Waals surface area contributed by atoms with Gasteiger partial charge in [-0.15, -0.1) is 0 Å². The van der Waals surface area contributed by atoms with E-state index in [1.807, 2.05) is 0 Å². The Bertz CT molecular complexity index is 207. The third-order valence-electron chi connectivity index (χ3n) is 3.20. The maximum Gasteiger partial charge on any atom is 0.126 e. The summed E-state index contributed by atoms with van der Waals surface area (Å²) >= 11 is 0. The number of carbonyl (C=O) groups is 1. The van der Waals surface area contributed by atoms with Crippen molar-refractivity contribution >= 4 is 6.29 Å². The molecule has 0 spiro atoms. The van der Waals surface area contributed by atoms with E-state index in [4.69, 9.17) is 0 Å². The molecule has 13 heavy (non-hydrogen) atoms. The Morgan fingerprint density at radius 2 is 2.08 bits per heavy atom. The van der Waals surface area contributed by atoms with E-state index in [9.17, 15) is 4.79 Å². The first-order valence-corrected chi connectivity index (χ1v) is 5.20. The van der Waals surface area contributed by atoms with E-state index in [1.165, 1.54) is 11.9 Å². The number of rotatable bonds is 5. The van der Waals surface area contributed by atoms with Crippen molar-refractivity contribution in [3.8, 4) is 0 Å². The van der Waals surface area contributed by atoms with Gasteiger partial charge in [-0.2, -0.15) is 0 Å². The minimum atomic E-state index is 0.0789. The summed E-state index contributed by atoms with van der Waals surface area (Å²) in [6.45, 7) is 6.45. The van der Waals surface area contributed by atoms with Gasteiger partial charge >= 0.3 is 0 Å². The van der Waals surface area contributed by atoms with Crippen molar-refractivity contribution in [3.63, 3.8) is 0 Å². The molecule has 0 aliphatic heterocycles. The highest BCUT2D eigenvalue weighted by molar-refractivity contribution is 5.63. The second kappa shape index (κ2) is 4.08. The van der Waals surface area contributed by atoms with Crippen LogP contribution in [0.4, 0.5) is 0 Å². The van der Waals surface area contributed by atoms with E-state index in [1.54, 1.807) is 0 Å². The highest BCUT2D eigenvalue weighted by atomic mass is 16.1. The van der Waals surface area contributed by atoms with Crippen LogP contribution in [-0.2, 0) is 4.79 Å². The van der Waals surface area contributed by atoms with Crippen LogP contribution in [-0.4, -0.2) is 6.29 Å². The van der Waals surface area contributed by atoms with Crippen molar-refractivity contribution in [2.75, 3.05) is 0 Å². The lowest BCUT2D eigenvalue weighted by Gasteiger charge is -2.16. The van der Waals surface area contributed by atoms with Crippen molar-refractivity contribution in [2.24, 2.45) is 11.3 Å². The lowest BCUT2D eigenvalue weighted by Crippen LogP contribution is -2.13. The lowest BCUT2D eigenvalue weighted by atomic mass is 9.88. The molecule has 0 aromatic heterocycles. The number of carbonyl (C=O) groups excluding carboxylic acids is 1. The monoisotopic (exact) mass is 180 g/mol. The van der Waals surface area contributed by atoms with Gasteiger partial charge in [-0.3, -0.25) is 0 Å². The molecule has 0 aromatic rings. The number of allylic oxidation sites excluding steroid dienone is 2. The molecule has 0 N–H and O–H groups in total. The molecule has 1 saturated carbocycles. The molecule has 1 rings (SSSR count). The molecule has 1 aliphatic rings. The second-order valence-corrected chi connectivity index (χ2v) is 4.61. The average Bonchev–Trinajstić information content (AvgIpc) is 2.83. The molecule has 1 unspecified atom stereocenters. The number of aldehydes is 1. The van der Waals surface area contributed by atoms with Crippen molar-refractivity contribution in [1.29, 1.82) is 0 Å². The van der Waals surface area contributed by atoms with Gasteiger partial charge in [0.05, 0.1) is 0 Å². The van der Waals surface area contributed by atoms with Crippen LogP contribution in [0.3, 0.4) is 0 Å². The highest BCUT2D eigenvalue weighted by Crippen LogP contribution is 2.51. The van der Waals surface area contributed by atoms with Gasteiger partial charge in [0.15, 0.2) is 0 Å². The van der Waals surface area contributed by atoms with E-state index in [0.717, 1.165) is 25.7 Å². The molecule has 0 aromatic carbocycles. The van der Waals surface area contributed by atoms with Crippen molar-refractivity contribution in [3.05, 3.63) is 11.6 Å². The zero-order valence-electron chi connectivity index (χ0n) is 8.97. The SMILES string of the molecule is CC(C)=CCCC(C)C1(C=O)CC1. The number of hydrogen-bond donors (Lipinski definition) is 0. The van der Waals surface area contributed by atoms with E-state index in [2.05, 4.69) is 26.8 Å². The molecule has 1 nitrogen and oxygen atoms in total. The van der Waals surface area contributed by atoms with Crippen molar-refractivity contribution in [2.45, 2.75) is 46.5 Å². The molecule has 1 fully saturated rings. The Balaban J connectivity index is 2.29. The third-order valence-corrected chi connectivity index (χ3v) is 3.20. The Hall–Kier alpha value is -0.590. The fraction of sp³-hybridized carbons (Fsp3) is 0.750. The molecule has 0 saturated heterocycles. The van der Waals surface area contributed by atoms with E-state index < -0.39 is 0 Å². The lowest BCUT2D eigenvalue weighted by molar-refractivity contribution is -0.113. The Kier molecular flexibility index (Phi) is 3.29. The molecule has 1 aliphatic carbocycles. The standard InChI is InChI=1S/C12H20O/c1-10(2)5-4-6-11(3)12(9-13)7-8-12/h5,9,11H,4,6-8H2,1-3H3. The van der Waals surface area contributed by atoms with Crippen LogP contribution in [0.25, 0.3) is 0 Å². The highest BCUT2D eigenvalue weighted by Gasteiger charge is 2.46. The molecular formula is C12H20O. The average molecular weight is 180 g/mol. The third kappa shape index (κ3) is 2.68. The molecule has 1 heteroatoms. The fourth-order valence-electron chi connectivity index (χ4n) is 1.78. The van der Waals surface area contributed by atoms with Gasteiger partial charge in [-0.25, -0.2) is 0 Å². The summed E-state index contributed by atoms with van der Waals surface area (Å²) in [5.74, 6) is 0.570. The minimum Gasteiger partial charge on any atom is -0.303 e. The van der Waals surface area contributed by atoms with Crippen LogP contribution in [0.15, 0.2) is 11.6 Å². The molecule has 1 atom stereocenters. The smallest absolute Gasteiger partial charge is 0.126 e. The first-order chi connectivity index (χ1) is 6.10. The van der Waals surface area contributed by atoms with Crippen LogP contribution in [0.5, 0.6) is 0 Å². The summed E-state index contributed by atoms with van der Waals surface area (Å²) in [5.41, 5.74) is 1.46. The van der Waals surface area contributed by atoms with Crippen molar-refractivity contribution in [1.82, 2.24) is 0 Å². The summed E-state index contributed by atoms with van der Waals surface area (Å²) in [7, 11) is 0. The van der Waals surface area contributed by atoms with E-state index in [-0.39, 0.29) is 5.41 Å². The first kappa shape index (κ1) is 10.5. The van der Waals surface area contributed by atoms with Gasteiger partial charge in [0.2, 0.25) is 0 Å². The topological polar surface area (TPSA) is 17.1 Å². The van der Waals surface area contributed by atoms with Crippen LogP contribution in [0.1, 0.15) is 46.5 Å². The summed E-state index contributed by atoms with van der Waals surface area (Å²) < 4.78 is 0. The van der Waals surface area contributed by atoms with Gasteiger partial charge in [0.25, 0.3) is 0 Å². The summed E-state index contributed by atoms with van der Waals surface area (Å²) in [6, 6.07) is 0. The van der Waals surface area contributed by atoms with E-state index in [0.29, 0.717) is 5.92 Å². The zero-order valence-corrected chi connectivity index (χ0v) is 8.97. The zero-order chi connectivity index (χ0) is 9.90. The molecular weight excluding hydrogens is 160 g/mol. The predicted molar refractivity (Wildman–Crippen MR) is 55.6 cm³/mol. The largest absolute Gasteiger partial charge is 0.303 e. The van der Waals surface area contributed by atoms with Crippen LogP contribution >= 0.6 is 0 Å². The van der Waals surface area contributed by atoms with E-state index >= 15 is 0 Å². The van der Waals surface area contributed by atoms with Crippen LogP contribution < -0.4 is 0 Å². The minimum absolute atomic E-state index is 0.0789. The predicted octanol–water partition coefficient (Wildman–Crippen LogP) is 3.35. The van der Waals surface area contributed by atoms with Gasteiger partial charge in [0.1, 0.15) is 6.29 Å². The molecule has 74 valence electrons. The second-order valence-electron chi connectivity index (χ2n) is 4.61. The molecule has 0 radical (unpaired) electrons. The Morgan fingerprint density at radius 3 is 2.46 bits per heavy atom. The van der Waals surface area contributed by atoms with Gasteiger partial charge < -0.3 is 4.79 Å². The van der Waals surface area contributed by atoms with Crippen LogP contribution in [0.2, 0.25) is 0 Å². The quantitative estimate of drug-likeness (QED) is 0.468. The molecule has 0 bridgehead atoms. The van der Waals surface area contributed by atoms with Gasteiger partial charge in [-0.1, -0.05) is 18.6 Å².